The third kappa shape index (κ3) is 22.4. The second-order valence-electron chi connectivity index (χ2n) is 5.54. The van der Waals surface area contributed by atoms with Crippen molar-refractivity contribution in [3.05, 3.63) is 12.2 Å². The normalized spacial score (nSPS) is 9.68. The number of esters is 2. The number of hydrogen-bond acceptors (Lipinski definition) is 4. The van der Waals surface area contributed by atoms with Gasteiger partial charge in [-0.1, -0.05) is 33.3 Å². The molecule has 0 atom stereocenters. The number of rotatable bonds is 6. The Morgan fingerprint density at radius 3 is 1.37 bits per heavy atom. The van der Waals surface area contributed by atoms with Crippen LogP contribution in [0.5, 0.6) is 0 Å². The van der Waals surface area contributed by atoms with Gasteiger partial charge in [-0.05, 0) is 25.7 Å². The Bertz CT molecular complexity index is 254. The second-order valence-corrected chi connectivity index (χ2v) is 5.54. The van der Waals surface area contributed by atoms with E-state index in [1.807, 2.05) is 41.5 Å². The number of carbonyl (C=O) groups excluding carboxylic acids is 2. The van der Waals surface area contributed by atoms with Gasteiger partial charge in [-0.2, -0.15) is 0 Å². The summed E-state index contributed by atoms with van der Waals surface area (Å²) in [6.45, 7) is 15.9. The summed E-state index contributed by atoms with van der Waals surface area (Å²) in [5.41, 5.74) is 1.17. The molecule has 0 saturated carbocycles. The lowest BCUT2D eigenvalue weighted by Crippen LogP contribution is -2.17. The van der Waals surface area contributed by atoms with Crippen molar-refractivity contribution in [2.75, 3.05) is 13.2 Å². The van der Waals surface area contributed by atoms with Gasteiger partial charge in [-0.15, -0.1) is 6.58 Å². The number of hydrogen-bond donors (Lipinski definition) is 0. The van der Waals surface area contributed by atoms with E-state index in [1.54, 1.807) is 0 Å². The van der Waals surface area contributed by atoms with Gasteiger partial charge in [0.2, 0.25) is 0 Å². The molecule has 0 saturated heterocycles. The van der Waals surface area contributed by atoms with Crippen LogP contribution < -0.4 is 0 Å². The molecule has 0 heterocycles. The van der Waals surface area contributed by atoms with Crippen LogP contribution in [0.15, 0.2) is 12.2 Å². The lowest BCUT2D eigenvalue weighted by molar-refractivity contribution is -0.155. The van der Waals surface area contributed by atoms with Crippen molar-refractivity contribution < 1.29 is 19.1 Å². The van der Waals surface area contributed by atoms with Crippen LogP contribution in [0.25, 0.3) is 0 Å². The van der Waals surface area contributed by atoms with Crippen molar-refractivity contribution in [3.8, 4) is 0 Å². The van der Waals surface area contributed by atoms with Crippen molar-refractivity contribution in [1.29, 1.82) is 0 Å². The SMILES string of the molecule is C=C(C)C.CC(C)COC(=O)CC(=O)OCC(C)C. The molecule has 0 aliphatic rings. The van der Waals surface area contributed by atoms with Crippen LogP contribution in [0.1, 0.15) is 48.0 Å². The molecule has 19 heavy (non-hydrogen) atoms. The van der Waals surface area contributed by atoms with Gasteiger partial charge < -0.3 is 9.47 Å². The van der Waals surface area contributed by atoms with Gasteiger partial charge in [0, 0.05) is 0 Å². The summed E-state index contributed by atoms with van der Waals surface area (Å²) >= 11 is 0. The lowest BCUT2D eigenvalue weighted by Gasteiger charge is -2.08. The Kier molecular flexibility index (Phi) is 12.4. The van der Waals surface area contributed by atoms with E-state index in [0.717, 1.165) is 0 Å². The quantitative estimate of drug-likeness (QED) is 0.422. The Balaban J connectivity index is 0. The van der Waals surface area contributed by atoms with E-state index in [2.05, 4.69) is 6.58 Å². The Hall–Kier alpha value is -1.32. The maximum absolute atomic E-state index is 11.1. The molecule has 0 bridgehead atoms. The highest BCUT2D eigenvalue weighted by Gasteiger charge is 2.12. The minimum Gasteiger partial charge on any atom is -0.465 e. The summed E-state index contributed by atoms with van der Waals surface area (Å²) in [5.74, 6) is -0.476. The molecule has 0 spiro atoms. The van der Waals surface area contributed by atoms with Crippen LogP contribution >= 0.6 is 0 Å². The zero-order valence-electron chi connectivity index (χ0n) is 13.1. The second kappa shape index (κ2) is 11.8. The van der Waals surface area contributed by atoms with Crippen molar-refractivity contribution in [1.82, 2.24) is 0 Å². The summed E-state index contributed by atoms with van der Waals surface area (Å²) in [4.78, 5) is 22.2. The molecule has 0 aromatic carbocycles. The van der Waals surface area contributed by atoms with E-state index >= 15 is 0 Å². The van der Waals surface area contributed by atoms with Crippen LogP contribution in [-0.2, 0) is 19.1 Å². The smallest absolute Gasteiger partial charge is 0.317 e. The third-order valence-electron chi connectivity index (χ3n) is 1.44. The van der Waals surface area contributed by atoms with Gasteiger partial charge >= 0.3 is 11.9 Å². The van der Waals surface area contributed by atoms with Crippen LogP contribution in [0.2, 0.25) is 0 Å². The van der Waals surface area contributed by atoms with Crippen LogP contribution in [0, 0.1) is 11.8 Å². The van der Waals surface area contributed by atoms with Gasteiger partial charge in [-0.3, -0.25) is 9.59 Å². The lowest BCUT2D eigenvalue weighted by atomic mass is 10.2. The number of allylic oxidation sites excluding steroid dienone is 1. The Labute approximate surface area is 117 Å². The number of carbonyl (C=O) groups is 2. The van der Waals surface area contributed by atoms with E-state index < -0.39 is 11.9 Å². The average Bonchev–Trinajstić information content (AvgIpc) is 2.22. The zero-order valence-corrected chi connectivity index (χ0v) is 13.1. The molecular formula is C15H28O4. The summed E-state index contributed by atoms with van der Waals surface area (Å²) < 4.78 is 9.68. The molecule has 0 rings (SSSR count). The van der Waals surface area contributed by atoms with Crippen molar-refractivity contribution in [2.24, 2.45) is 11.8 Å². The summed E-state index contributed by atoms with van der Waals surface area (Å²) in [5, 5.41) is 0. The van der Waals surface area contributed by atoms with E-state index in [9.17, 15) is 9.59 Å². The first kappa shape index (κ1) is 20.0. The van der Waals surface area contributed by atoms with Crippen molar-refractivity contribution >= 4 is 11.9 Å². The average molecular weight is 272 g/mol. The monoisotopic (exact) mass is 272 g/mol. The van der Waals surface area contributed by atoms with E-state index in [1.165, 1.54) is 5.57 Å². The summed E-state index contributed by atoms with van der Waals surface area (Å²) in [6, 6.07) is 0. The molecule has 0 amide bonds. The fourth-order valence-electron chi connectivity index (χ4n) is 0.739. The van der Waals surface area contributed by atoms with Gasteiger partial charge in [0.25, 0.3) is 0 Å². The Morgan fingerprint density at radius 1 is 0.895 bits per heavy atom. The fourth-order valence-corrected chi connectivity index (χ4v) is 0.739. The summed E-state index contributed by atoms with van der Waals surface area (Å²) in [6.07, 6.45) is -0.292. The molecule has 0 aliphatic heterocycles. The van der Waals surface area contributed by atoms with E-state index in [-0.39, 0.29) is 18.3 Å². The minimum atomic E-state index is -0.516. The van der Waals surface area contributed by atoms with Crippen LogP contribution in [0.4, 0.5) is 0 Å². The third-order valence-corrected chi connectivity index (χ3v) is 1.44. The topological polar surface area (TPSA) is 52.6 Å². The van der Waals surface area contributed by atoms with Gasteiger partial charge in [0.1, 0.15) is 6.42 Å². The maximum atomic E-state index is 11.1. The molecule has 4 nitrogen and oxygen atoms in total. The number of ether oxygens (including phenoxy) is 2. The largest absolute Gasteiger partial charge is 0.465 e. The highest BCUT2D eigenvalue weighted by atomic mass is 16.6. The minimum absolute atomic E-state index is 0.278. The standard InChI is InChI=1S/C11H20O4.C4H8/c1-8(2)6-14-10(12)5-11(13)15-7-9(3)4;1-4(2)3/h8-9H,5-7H2,1-4H3;1H2,2-3H3. The van der Waals surface area contributed by atoms with Gasteiger partial charge in [-0.25, -0.2) is 0 Å². The first-order valence-corrected chi connectivity index (χ1v) is 6.58. The van der Waals surface area contributed by atoms with Crippen molar-refractivity contribution in [3.63, 3.8) is 0 Å². The fraction of sp³-hybridized carbons (Fsp3) is 0.733. The molecule has 0 fully saturated rings. The van der Waals surface area contributed by atoms with E-state index in [4.69, 9.17) is 9.47 Å². The summed E-state index contributed by atoms with van der Waals surface area (Å²) in [7, 11) is 0. The molecule has 112 valence electrons. The Morgan fingerprint density at radius 2 is 1.16 bits per heavy atom. The molecule has 0 aliphatic carbocycles. The predicted octanol–water partition coefficient (Wildman–Crippen LogP) is 3.36. The molecule has 0 N–H and O–H groups in total. The van der Waals surface area contributed by atoms with Gasteiger partial charge in [0.15, 0.2) is 0 Å². The zero-order chi connectivity index (χ0) is 15.4. The highest BCUT2D eigenvalue weighted by molar-refractivity contribution is 5.91. The molecule has 0 aromatic rings. The maximum Gasteiger partial charge on any atom is 0.317 e. The predicted molar refractivity (Wildman–Crippen MR) is 76.7 cm³/mol. The first-order valence-electron chi connectivity index (χ1n) is 6.58. The molecule has 0 radical (unpaired) electrons. The van der Waals surface area contributed by atoms with E-state index in [0.29, 0.717) is 13.2 Å². The molecule has 0 aromatic heterocycles. The van der Waals surface area contributed by atoms with Gasteiger partial charge in [0.05, 0.1) is 13.2 Å². The van der Waals surface area contributed by atoms with Crippen LogP contribution in [-0.4, -0.2) is 25.2 Å². The van der Waals surface area contributed by atoms with Crippen LogP contribution in [0.3, 0.4) is 0 Å². The van der Waals surface area contributed by atoms with Crippen molar-refractivity contribution in [2.45, 2.75) is 48.0 Å². The highest BCUT2D eigenvalue weighted by Crippen LogP contribution is 1.98. The first-order chi connectivity index (χ1) is 8.65. The molecular weight excluding hydrogens is 244 g/mol. The molecule has 0 unspecified atom stereocenters. The molecule has 4 heteroatoms.